The Labute approximate surface area is 120 Å². The number of hydrogen-bond acceptors (Lipinski definition) is 2. The van der Waals surface area contributed by atoms with Gasteiger partial charge in [0.1, 0.15) is 0 Å². The number of carbonyl (C=O) groups is 1. The fourth-order valence-corrected chi connectivity index (χ4v) is 2.44. The average molecular weight is 273 g/mol. The number of rotatable bonds is 7. The number of aromatic nitrogens is 1. The summed E-state index contributed by atoms with van der Waals surface area (Å²) in [5, 5.41) is 7.20. The molecule has 0 saturated heterocycles. The zero-order valence-corrected chi connectivity index (χ0v) is 12.3. The monoisotopic (exact) mass is 273 g/mol. The number of carbonyl (C=O) groups excluding carboxylic acids is 1. The van der Waals surface area contributed by atoms with Crippen LogP contribution in [-0.2, 0) is 17.6 Å². The topological polar surface area (TPSA) is 56.9 Å². The van der Waals surface area contributed by atoms with Gasteiger partial charge in [-0.15, -0.1) is 0 Å². The summed E-state index contributed by atoms with van der Waals surface area (Å²) < 4.78 is 0. The van der Waals surface area contributed by atoms with E-state index in [1.807, 2.05) is 7.05 Å². The van der Waals surface area contributed by atoms with Crippen LogP contribution >= 0.6 is 0 Å². The van der Waals surface area contributed by atoms with E-state index in [0.29, 0.717) is 13.0 Å². The van der Waals surface area contributed by atoms with Gasteiger partial charge in [0.2, 0.25) is 5.91 Å². The third-order valence-corrected chi connectivity index (χ3v) is 3.59. The lowest BCUT2D eigenvalue weighted by atomic mass is 10.1. The Balaban J connectivity index is 1.95. The van der Waals surface area contributed by atoms with Crippen molar-refractivity contribution < 1.29 is 4.79 Å². The van der Waals surface area contributed by atoms with Gasteiger partial charge in [-0.2, -0.15) is 0 Å². The van der Waals surface area contributed by atoms with Gasteiger partial charge in [0.25, 0.3) is 0 Å². The van der Waals surface area contributed by atoms with Gasteiger partial charge in [-0.1, -0.05) is 25.1 Å². The molecule has 2 aromatic rings. The SMILES string of the molecule is CCc1cccc2c(CCNC(=O)CCNC)c[nH]c12. The summed E-state index contributed by atoms with van der Waals surface area (Å²) in [5.74, 6) is 0.105. The van der Waals surface area contributed by atoms with E-state index in [2.05, 4.69) is 46.9 Å². The highest BCUT2D eigenvalue weighted by Crippen LogP contribution is 2.22. The Bertz CT molecular complexity index is 574. The van der Waals surface area contributed by atoms with Crippen molar-refractivity contribution in [3.8, 4) is 0 Å². The highest BCUT2D eigenvalue weighted by atomic mass is 16.1. The van der Waals surface area contributed by atoms with Crippen LogP contribution in [0.3, 0.4) is 0 Å². The van der Waals surface area contributed by atoms with Gasteiger partial charge in [-0.3, -0.25) is 4.79 Å². The van der Waals surface area contributed by atoms with Crippen LogP contribution in [0.5, 0.6) is 0 Å². The smallest absolute Gasteiger partial charge is 0.221 e. The third-order valence-electron chi connectivity index (χ3n) is 3.59. The van der Waals surface area contributed by atoms with Gasteiger partial charge in [-0.25, -0.2) is 0 Å². The molecule has 4 nitrogen and oxygen atoms in total. The van der Waals surface area contributed by atoms with Crippen LogP contribution in [-0.4, -0.2) is 31.0 Å². The molecule has 0 aliphatic heterocycles. The molecule has 1 aromatic heterocycles. The minimum absolute atomic E-state index is 0.105. The zero-order valence-electron chi connectivity index (χ0n) is 12.3. The normalized spacial score (nSPS) is 10.9. The summed E-state index contributed by atoms with van der Waals surface area (Å²) >= 11 is 0. The van der Waals surface area contributed by atoms with E-state index >= 15 is 0 Å². The molecule has 108 valence electrons. The molecule has 0 aliphatic carbocycles. The van der Waals surface area contributed by atoms with E-state index < -0.39 is 0 Å². The number of hydrogen-bond donors (Lipinski definition) is 3. The highest BCUT2D eigenvalue weighted by molar-refractivity contribution is 5.86. The van der Waals surface area contributed by atoms with Gasteiger partial charge < -0.3 is 15.6 Å². The van der Waals surface area contributed by atoms with Crippen LogP contribution < -0.4 is 10.6 Å². The van der Waals surface area contributed by atoms with E-state index in [1.165, 1.54) is 22.0 Å². The Morgan fingerprint density at radius 2 is 2.10 bits per heavy atom. The molecular formula is C16H23N3O. The lowest BCUT2D eigenvalue weighted by molar-refractivity contribution is -0.120. The zero-order chi connectivity index (χ0) is 14.4. The molecule has 4 heteroatoms. The van der Waals surface area contributed by atoms with E-state index in [-0.39, 0.29) is 5.91 Å². The van der Waals surface area contributed by atoms with Crippen molar-refractivity contribution in [3.05, 3.63) is 35.5 Å². The summed E-state index contributed by atoms with van der Waals surface area (Å²) in [4.78, 5) is 14.9. The first kappa shape index (κ1) is 14.6. The maximum atomic E-state index is 11.5. The number of benzene rings is 1. The molecule has 1 aromatic carbocycles. The molecule has 1 amide bonds. The van der Waals surface area contributed by atoms with Gasteiger partial charge in [0.05, 0.1) is 0 Å². The maximum Gasteiger partial charge on any atom is 0.221 e. The molecule has 0 spiro atoms. The summed E-state index contributed by atoms with van der Waals surface area (Å²) in [6.07, 6.45) is 4.48. The third kappa shape index (κ3) is 3.39. The van der Waals surface area contributed by atoms with Gasteiger partial charge >= 0.3 is 0 Å². The maximum absolute atomic E-state index is 11.5. The van der Waals surface area contributed by atoms with Crippen LogP contribution in [0.1, 0.15) is 24.5 Å². The Morgan fingerprint density at radius 3 is 2.85 bits per heavy atom. The second-order valence-electron chi connectivity index (χ2n) is 4.96. The van der Waals surface area contributed by atoms with Crippen LogP contribution in [0.25, 0.3) is 10.9 Å². The second-order valence-corrected chi connectivity index (χ2v) is 4.96. The van der Waals surface area contributed by atoms with Crippen molar-refractivity contribution in [2.45, 2.75) is 26.2 Å². The number of aromatic amines is 1. The molecule has 20 heavy (non-hydrogen) atoms. The van der Waals surface area contributed by atoms with Crippen molar-refractivity contribution in [2.24, 2.45) is 0 Å². The highest BCUT2D eigenvalue weighted by Gasteiger charge is 2.07. The van der Waals surface area contributed by atoms with Crippen LogP contribution in [0.4, 0.5) is 0 Å². The first-order valence-electron chi connectivity index (χ1n) is 7.25. The number of fused-ring (bicyclic) bond motifs is 1. The first-order valence-corrected chi connectivity index (χ1v) is 7.25. The standard InChI is InChI=1S/C16H23N3O/c1-3-12-5-4-6-14-13(11-19-16(12)14)7-10-18-15(20)8-9-17-2/h4-6,11,17,19H,3,7-10H2,1-2H3,(H,18,20). The second kappa shape index (κ2) is 7.10. The van der Waals surface area contributed by atoms with E-state index in [9.17, 15) is 4.79 Å². The van der Waals surface area contributed by atoms with Crippen molar-refractivity contribution in [2.75, 3.05) is 20.1 Å². The number of amides is 1. The fourth-order valence-electron chi connectivity index (χ4n) is 2.44. The molecule has 0 saturated carbocycles. The number of aryl methyl sites for hydroxylation is 1. The minimum Gasteiger partial charge on any atom is -0.361 e. The molecular weight excluding hydrogens is 250 g/mol. The predicted molar refractivity (Wildman–Crippen MR) is 82.9 cm³/mol. The lowest BCUT2D eigenvalue weighted by Crippen LogP contribution is -2.28. The molecule has 0 unspecified atom stereocenters. The van der Waals surface area contributed by atoms with Gasteiger partial charge in [0, 0.05) is 36.6 Å². The van der Waals surface area contributed by atoms with Crippen LogP contribution in [0, 0.1) is 0 Å². The van der Waals surface area contributed by atoms with E-state index in [1.54, 1.807) is 0 Å². The fraction of sp³-hybridized carbons (Fsp3) is 0.438. The Morgan fingerprint density at radius 1 is 1.25 bits per heavy atom. The number of para-hydroxylation sites is 1. The molecule has 2 rings (SSSR count). The Hall–Kier alpha value is -1.81. The summed E-state index contributed by atoms with van der Waals surface area (Å²) in [6, 6.07) is 6.40. The number of H-pyrrole nitrogens is 1. The van der Waals surface area contributed by atoms with E-state index in [0.717, 1.165) is 19.4 Å². The summed E-state index contributed by atoms with van der Waals surface area (Å²) in [7, 11) is 1.85. The molecule has 0 bridgehead atoms. The van der Waals surface area contributed by atoms with Crippen LogP contribution in [0.2, 0.25) is 0 Å². The minimum atomic E-state index is 0.105. The van der Waals surface area contributed by atoms with E-state index in [4.69, 9.17) is 0 Å². The quantitative estimate of drug-likeness (QED) is 0.722. The lowest BCUT2D eigenvalue weighted by Gasteiger charge is -2.05. The Kier molecular flexibility index (Phi) is 5.18. The van der Waals surface area contributed by atoms with Crippen molar-refractivity contribution in [3.63, 3.8) is 0 Å². The largest absolute Gasteiger partial charge is 0.361 e. The average Bonchev–Trinajstić information content (AvgIpc) is 2.88. The van der Waals surface area contributed by atoms with Gasteiger partial charge in [0.15, 0.2) is 0 Å². The summed E-state index contributed by atoms with van der Waals surface area (Å²) in [5.41, 5.74) is 3.84. The summed E-state index contributed by atoms with van der Waals surface area (Å²) in [6.45, 7) is 3.57. The molecule has 3 N–H and O–H groups in total. The molecule has 1 heterocycles. The van der Waals surface area contributed by atoms with Crippen molar-refractivity contribution in [1.82, 2.24) is 15.6 Å². The molecule has 0 atom stereocenters. The van der Waals surface area contributed by atoms with Crippen molar-refractivity contribution in [1.29, 1.82) is 0 Å². The number of nitrogens with one attached hydrogen (secondary N) is 3. The first-order chi connectivity index (χ1) is 9.76. The van der Waals surface area contributed by atoms with Crippen molar-refractivity contribution >= 4 is 16.8 Å². The molecule has 0 fully saturated rings. The van der Waals surface area contributed by atoms with Crippen LogP contribution in [0.15, 0.2) is 24.4 Å². The predicted octanol–water partition coefficient (Wildman–Crippen LogP) is 2.00. The molecule has 0 radical (unpaired) electrons. The van der Waals surface area contributed by atoms with Gasteiger partial charge in [-0.05, 0) is 31.0 Å². The molecule has 0 aliphatic rings.